The molecule has 3 aromatic rings. The number of primary amides is 1. The quantitative estimate of drug-likeness (QED) is 0.603. The van der Waals surface area contributed by atoms with Crippen LogP contribution in [0.4, 0.5) is 17.6 Å². The average molecular weight is 445 g/mol. The third-order valence-corrected chi connectivity index (χ3v) is 5.68. The summed E-state index contributed by atoms with van der Waals surface area (Å²) in [7, 11) is 0. The van der Waals surface area contributed by atoms with Crippen LogP contribution in [0.2, 0.25) is 0 Å². The molecule has 1 saturated heterocycles. The van der Waals surface area contributed by atoms with Crippen LogP contribution in [0.15, 0.2) is 48.5 Å². The van der Waals surface area contributed by atoms with Gasteiger partial charge in [0.2, 0.25) is 0 Å². The molecular formula is C23H19F4N3O2. The highest BCUT2D eigenvalue weighted by Crippen LogP contribution is 2.33. The number of aromatic nitrogens is 1. The number of carbonyl (C=O) groups excluding carboxylic acids is 2. The van der Waals surface area contributed by atoms with E-state index in [2.05, 4.69) is 4.98 Å². The summed E-state index contributed by atoms with van der Waals surface area (Å²) in [6.45, 7) is 0.585. The van der Waals surface area contributed by atoms with Gasteiger partial charge >= 0.3 is 6.18 Å². The van der Waals surface area contributed by atoms with Crippen LogP contribution in [0, 0.1) is 5.82 Å². The van der Waals surface area contributed by atoms with E-state index in [-0.39, 0.29) is 17.0 Å². The highest BCUT2D eigenvalue weighted by atomic mass is 19.4. The van der Waals surface area contributed by atoms with Gasteiger partial charge in [-0.1, -0.05) is 6.07 Å². The molecular weight excluding hydrogens is 426 g/mol. The van der Waals surface area contributed by atoms with Gasteiger partial charge < -0.3 is 10.6 Å². The summed E-state index contributed by atoms with van der Waals surface area (Å²) in [6.07, 6.45) is -3.60. The van der Waals surface area contributed by atoms with E-state index in [0.29, 0.717) is 42.5 Å². The van der Waals surface area contributed by atoms with Crippen molar-refractivity contribution in [3.63, 3.8) is 0 Å². The molecule has 0 unspecified atom stereocenters. The number of fused-ring (bicyclic) bond motifs is 1. The number of pyridine rings is 1. The Balaban J connectivity index is 1.54. The molecule has 1 aromatic heterocycles. The molecule has 2 heterocycles. The first-order valence-corrected chi connectivity index (χ1v) is 10.00. The van der Waals surface area contributed by atoms with Crippen molar-refractivity contribution in [3.8, 4) is 0 Å². The van der Waals surface area contributed by atoms with E-state index in [1.54, 1.807) is 0 Å². The second-order valence-corrected chi connectivity index (χ2v) is 7.77. The molecule has 0 spiro atoms. The second kappa shape index (κ2) is 8.22. The number of benzene rings is 2. The second-order valence-electron chi connectivity index (χ2n) is 7.77. The smallest absolute Gasteiger partial charge is 0.366 e. The summed E-state index contributed by atoms with van der Waals surface area (Å²) in [4.78, 5) is 30.8. The lowest BCUT2D eigenvalue weighted by Gasteiger charge is -2.32. The van der Waals surface area contributed by atoms with Crippen molar-refractivity contribution in [1.82, 2.24) is 9.88 Å². The fraction of sp³-hybridized carbons (Fsp3) is 0.261. The van der Waals surface area contributed by atoms with E-state index in [0.717, 1.165) is 12.1 Å². The zero-order chi connectivity index (χ0) is 23.0. The first-order chi connectivity index (χ1) is 15.1. The maximum atomic E-state index is 13.5. The number of nitrogens with zero attached hydrogens (tertiary/aromatic N) is 2. The van der Waals surface area contributed by atoms with Crippen LogP contribution in [0.25, 0.3) is 10.9 Å². The Morgan fingerprint density at radius 3 is 2.41 bits per heavy atom. The monoisotopic (exact) mass is 445 g/mol. The maximum absolute atomic E-state index is 13.5. The fourth-order valence-electron chi connectivity index (χ4n) is 4.04. The van der Waals surface area contributed by atoms with Crippen molar-refractivity contribution in [1.29, 1.82) is 0 Å². The van der Waals surface area contributed by atoms with Crippen LogP contribution in [-0.2, 0) is 6.18 Å². The summed E-state index contributed by atoms with van der Waals surface area (Å²) in [5.74, 6) is -1.78. The summed E-state index contributed by atoms with van der Waals surface area (Å²) >= 11 is 0. The van der Waals surface area contributed by atoms with Crippen LogP contribution in [0.1, 0.15) is 50.7 Å². The molecule has 2 aromatic carbocycles. The molecule has 1 fully saturated rings. The Kier molecular flexibility index (Phi) is 5.58. The summed E-state index contributed by atoms with van der Waals surface area (Å²) in [6, 6.07) is 9.93. The van der Waals surface area contributed by atoms with Gasteiger partial charge in [-0.15, -0.1) is 0 Å². The Morgan fingerprint density at radius 2 is 1.75 bits per heavy atom. The summed E-state index contributed by atoms with van der Waals surface area (Å²) < 4.78 is 52.4. The van der Waals surface area contributed by atoms with Crippen LogP contribution in [0.5, 0.6) is 0 Å². The van der Waals surface area contributed by atoms with Crippen LogP contribution in [0.3, 0.4) is 0 Å². The normalized spacial score (nSPS) is 15.2. The molecule has 5 nitrogen and oxygen atoms in total. The van der Waals surface area contributed by atoms with Gasteiger partial charge in [0, 0.05) is 30.0 Å². The molecule has 2 N–H and O–H groups in total. The topological polar surface area (TPSA) is 76.3 Å². The van der Waals surface area contributed by atoms with Crippen LogP contribution < -0.4 is 5.73 Å². The zero-order valence-electron chi connectivity index (χ0n) is 16.8. The number of alkyl halides is 3. The third kappa shape index (κ3) is 4.28. The molecule has 1 aliphatic rings. The first-order valence-electron chi connectivity index (χ1n) is 10.00. The van der Waals surface area contributed by atoms with Crippen molar-refractivity contribution in [2.75, 3.05) is 13.1 Å². The first kappa shape index (κ1) is 21.7. The van der Waals surface area contributed by atoms with E-state index >= 15 is 0 Å². The molecule has 0 radical (unpaired) electrons. The van der Waals surface area contributed by atoms with E-state index in [4.69, 9.17) is 5.73 Å². The number of rotatable bonds is 3. The Morgan fingerprint density at radius 1 is 1.03 bits per heavy atom. The lowest BCUT2D eigenvalue weighted by Crippen LogP contribution is -2.38. The van der Waals surface area contributed by atoms with Crippen molar-refractivity contribution in [2.24, 2.45) is 5.73 Å². The predicted molar refractivity (Wildman–Crippen MR) is 110 cm³/mol. The molecule has 0 saturated carbocycles. The molecule has 32 heavy (non-hydrogen) atoms. The van der Waals surface area contributed by atoms with Gasteiger partial charge in [-0.2, -0.15) is 13.2 Å². The number of carbonyl (C=O) groups is 2. The van der Waals surface area contributed by atoms with Crippen molar-refractivity contribution >= 4 is 22.7 Å². The number of halogens is 4. The van der Waals surface area contributed by atoms with Crippen molar-refractivity contribution in [2.45, 2.75) is 24.9 Å². The summed E-state index contributed by atoms with van der Waals surface area (Å²) in [5, 5.41) is 0.458. The minimum absolute atomic E-state index is 0.0260. The Labute approximate surface area is 180 Å². The van der Waals surface area contributed by atoms with Crippen molar-refractivity contribution in [3.05, 3.63) is 76.7 Å². The number of hydrogen-bond donors (Lipinski definition) is 1. The third-order valence-electron chi connectivity index (χ3n) is 5.68. The molecule has 166 valence electrons. The maximum Gasteiger partial charge on any atom is 0.416 e. The largest absolute Gasteiger partial charge is 0.416 e. The van der Waals surface area contributed by atoms with Crippen LogP contribution in [-0.4, -0.2) is 34.8 Å². The SMILES string of the molecule is NC(=O)c1cc2cc(F)ccc2nc1C1CCN(C(=O)c2cccc(C(F)(F)F)c2)CC1. The lowest BCUT2D eigenvalue weighted by atomic mass is 9.89. The number of piperidine rings is 1. The number of amides is 2. The van der Waals surface area contributed by atoms with Gasteiger partial charge in [0.25, 0.3) is 11.8 Å². The minimum atomic E-state index is -4.53. The number of nitrogens with two attached hydrogens (primary N) is 1. The zero-order valence-corrected chi connectivity index (χ0v) is 16.8. The number of likely N-dealkylation sites (tertiary alicyclic amines) is 1. The van der Waals surface area contributed by atoms with Gasteiger partial charge in [-0.05, 0) is 55.3 Å². The fourth-order valence-corrected chi connectivity index (χ4v) is 4.04. The molecule has 2 amide bonds. The number of hydrogen-bond acceptors (Lipinski definition) is 3. The van der Waals surface area contributed by atoms with Crippen LogP contribution >= 0.6 is 0 Å². The average Bonchev–Trinajstić information content (AvgIpc) is 2.77. The molecule has 1 aliphatic heterocycles. The van der Waals surface area contributed by atoms with Crippen molar-refractivity contribution < 1.29 is 27.2 Å². The van der Waals surface area contributed by atoms with Gasteiger partial charge in [-0.25, -0.2) is 4.39 Å². The molecule has 9 heteroatoms. The standard InChI is InChI=1S/C23H19F4N3O2/c24-17-4-5-19-15(11-17)12-18(21(28)31)20(29-19)13-6-8-30(9-7-13)22(32)14-2-1-3-16(10-14)23(25,26)27/h1-5,10-13H,6-9H2,(H2,28,31). The van der Waals surface area contributed by atoms with Gasteiger partial charge in [0.05, 0.1) is 22.3 Å². The molecule has 0 aliphatic carbocycles. The predicted octanol–water partition coefficient (Wildman–Crippen LogP) is 4.51. The summed E-state index contributed by atoms with van der Waals surface area (Å²) in [5.41, 5.74) is 5.83. The van der Waals surface area contributed by atoms with E-state index < -0.39 is 29.4 Å². The van der Waals surface area contributed by atoms with Gasteiger partial charge in [0.15, 0.2) is 0 Å². The molecule has 4 rings (SSSR count). The Hall–Kier alpha value is -3.49. The van der Waals surface area contributed by atoms with E-state index in [1.807, 2.05) is 0 Å². The molecule has 0 atom stereocenters. The lowest BCUT2D eigenvalue weighted by molar-refractivity contribution is -0.137. The minimum Gasteiger partial charge on any atom is -0.366 e. The highest BCUT2D eigenvalue weighted by molar-refractivity contribution is 5.98. The highest BCUT2D eigenvalue weighted by Gasteiger charge is 2.32. The van der Waals surface area contributed by atoms with E-state index in [9.17, 15) is 27.2 Å². The Bertz CT molecular complexity index is 1200. The van der Waals surface area contributed by atoms with Gasteiger partial charge in [0.1, 0.15) is 5.82 Å². The van der Waals surface area contributed by atoms with Gasteiger partial charge in [-0.3, -0.25) is 14.6 Å². The molecule has 0 bridgehead atoms. The van der Waals surface area contributed by atoms with E-state index in [1.165, 1.54) is 41.3 Å².